The first kappa shape index (κ1) is 10.5. The third-order valence-electron chi connectivity index (χ3n) is 1.71. The molecule has 1 rings (SSSR count). The lowest BCUT2D eigenvalue weighted by molar-refractivity contribution is 0.316. The van der Waals surface area contributed by atoms with Crippen molar-refractivity contribution in [3.63, 3.8) is 0 Å². The van der Waals surface area contributed by atoms with Crippen LogP contribution >= 0.6 is 0 Å². The molecule has 0 bridgehead atoms. The molecule has 0 amide bonds. The highest BCUT2D eigenvalue weighted by molar-refractivity contribution is 6.69. The molecular weight excluding hydrogens is 176 g/mol. The molecule has 0 unspecified atom stereocenters. The second-order valence-corrected chi connectivity index (χ2v) is 8.63. The van der Waals surface area contributed by atoms with Gasteiger partial charge in [-0.1, -0.05) is 24.3 Å². The Morgan fingerprint density at radius 2 is 1.85 bits per heavy atom. The lowest BCUT2D eigenvalue weighted by Crippen LogP contribution is -2.26. The van der Waals surface area contributed by atoms with Gasteiger partial charge in [0.05, 0.1) is 0 Å². The summed E-state index contributed by atoms with van der Waals surface area (Å²) in [5, 5.41) is 0. The normalized spacial score (nSPS) is 11.6. The predicted molar refractivity (Wildman–Crippen MR) is 58.3 cm³/mol. The Morgan fingerprint density at radius 3 is 2.38 bits per heavy atom. The van der Waals surface area contributed by atoms with E-state index in [1.54, 1.807) is 0 Å². The molecule has 1 radical (unpaired) electrons. The molecule has 0 aliphatic carbocycles. The van der Waals surface area contributed by atoms with E-state index in [2.05, 4.69) is 37.8 Å². The Balaban J connectivity index is 2.29. The summed E-state index contributed by atoms with van der Waals surface area (Å²) < 4.78 is 5.76. The van der Waals surface area contributed by atoms with Gasteiger partial charge in [-0.3, -0.25) is 0 Å². The number of rotatable bonds is 4. The van der Waals surface area contributed by atoms with Crippen LogP contribution in [0.1, 0.15) is 5.56 Å². The van der Waals surface area contributed by atoms with Crippen molar-refractivity contribution in [2.24, 2.45) is 0 Å². The Kier molecular flexibility index (Phi) is 3.69. The van der Waals surface area contributed by atoms with Crippen molar-refractivity contribution in [2.75, 3.05) is 6.61 Å². The minimum atomic E-state index is -1.32. The van der Waals surface area contributed by atoms with Crippen LogP contribution in [0.4, 0.5) is 0 Å². The van der Waals surface area contributed by atoms with Gasteiger partial charge >= 0.3 is 0 Å². The van der Waals surface area contributed by atoms with Crippen LogP contribution in [0.25, 0.3) is 0 Å². The van der Waals surface area contributed by atoms with Crippen molar-refractivity contribution in [1.82, 2.24) is 0 Å². The first-order valence-electron chi connectivity index (χ1n) is 4.67. The highest BCUT2D eigenvalue weighted by atomic mass is 28.4. The Bertz CT molecular complexity index is 238. The molecule has 0 heterocycles. The van der Waals surface area contributed by atoms with Gasteiger partial charge in [-0.25, -0.2) is 0 Å². The van der Waals surface area contributed by atoms with Crippen LogP contribution in [0.2, 0.25) is 19.6 Å². The van der Waals surface area contributed by atoms with E-state index in [1.165, 1.54) is 5.56 Å². The molecule has 0 aromatic heterocycles. The molecule has 0 spiro atoms. The SMILES string of the molecule is C[Si](C)(C)OCCc1cc[c]cc1. The standard InChI is InChI=1S/C11H17OSi/c1-13(2,3)12-10-9-11-7-5-4-6-8-11/h5-8H,9-10H2,1-3H3. The maximum Gasteiger partial charge on any atom is 0.183 e. The lowest BCUT2D eigenvalue weighted by Gasteiger charge is -2.16. The highest BCUT2D eigenvalue weighted by Gasteiger charge is 2.12. The first-order chi connectivity index (χ1) is 6.08. The number of hydrogen-bond donors (Lipinski definition) is 0. The molecule has 1 aromatic rings. The summed E-state index contributed by atoms with van der Waals surface area (Å²) in [5.41, 5.74) is 1.33. The van der Waals surface area contributed by atoms with Crippen molar-refractivity contribution in [1.29, 1.82) is 0 Å². The summed E-state index contributed by atoms with van der Waals surface area (Å²) in [6.45, 7) is 7.49. The van der Waals surface area contributed by atoms with E-state index in [4.69, 9.17) is 4.43 Å². The number of benzene rings is 1. The van der Waals surface area contributed by atoms with Crippen LogP contribution in [0, 0.1) is 6.07 Å². The van der Waals surface area contributed by atoms with Crippen LogP contribution in [0.5, 0.6) is 0 Å². The Hall–Kier alpha value is -0.603. The van der Waals surface area contributed by atoms with Crippen LogP contribution in [-0.2, 0) is 10.8 Å². The molecule has 71 valence electrons. The van der Waals surface area contributed by atoms with Crippen molar-refractivity contribution in [3.8, 4) is 0 Å². The fourth-order valence-electron chi connectivity index (χ4n) is 1.06. The average molecular weight is 193 g/mol. The monoisotopic (exact) mass is 193 g/mol. The van der Waals surface area contributed by atoms with Crippen molar-refractivity contribution in [2.45, 2.75) is 26.1 Å². The highest BCUT2D eigenvalue weighted by Crippen LogP contribution is 2.05. The van der Waals surface area contributed by atoms with Gasteiger partial charge in [0.25, 0.3) is 0 Å². The van der Waals surface area contributed by atoms with Gasteiger partial charge in [0, 0.05) is 6.61 Å². The zero-order chi connectivity index (χ0) is 9.73. The fraction of sp³-hybridized carbons (Fsp3) is 0.455. The van der Waals surface area contributed by atoms with E-state index < -0.39 is 8.32 Å². The zero-order valence-electron chi connectivity index (χ0n) is 8.63. The summed E-state index contributed by atoms with van der Waals surface area (Å²) in [6, 6.07) is 11.1. The summed E-state index contributed by atoms with van der Waals surface area (Å²) in [7, 11) is -1.32. The van der Waals surface area contributed by atoms with Gasteiger partial charge in [-0.05, 0) is 37.7 Å². The smallest absolute Gasteiger partial charge is 0.183 e. The lowest BCUT2D eigenvalue weighted by atomic mass is 10.2. The predicted octanol–water partition coefficient (Wildman–Crippen LogP) is 2.88. The molecule has 0 N–H and O–H groups in total. The molecule has 0 atom stereocenters. The molecule has 1 aromatic carbocycles. The van der Waals surface area contributed by atoms with Crippen LogP contribution in [-0.4, -0.2) is 14.9 Å². The first-order valence-corrected chi connectivity index (χ1v) is 8.08. The average Bonchev–Trinajstić information content (AvgIpc) is 2.04. The van der Waals surface area contributed by atoms with Gasteiger partial charge in [-0.2, -0.15) is 0 Å². The van der Waals surface area contributed by atoms with Crippen molar-refractivity contribution >= 4 is 8.32 Å². The van der Waals surface area contributed by atoms with Gasteiger partial charge in [0.15, 0.2) is 8.32 Å². The molecule has 2 heteroatoms. The molecule has 0 saturated heterocycles. The molecule has 1 nitrogen and oxygen atoms in total. The second kappa shape index (κ2) is 4.58. The summed E-state index contributed by atoms with van der Waals surface area (Å²) >= 11 is 0. The molecule has 13 heavy (non-hydrogen) atoms. The number of hydrogen-bond acceptors (Lipinski definition) is 1. The third kappa shape index (κ3) is 4.86. The van der Waals surface area contributed by atoms with Gasteiger partial charge in [0.1, 0.15) is 0 Å². The van der Waals surface area contributed by atoms with E-state index in [0.29, 0.717) is 0 Å². The Morgan fingerprint density at radius 1 is 1.23 bits per heavy atom. The molecule has 0 fully saturated rings. The molecule has 0 aliphatic heterocycles. The van der Waals surface area contributed by atoms with E-state index in [0.717, 1.165) is 13.0 Å². The van der Waals surface area contributed by atoms with Gasteiger partial charge in [0.2, 0.25) is 0 Å². The molecule has 0 saturated carbocycles. The maximum absolute atomic E-state index is 5.76. The van der Waals surface area contributed by atoms with E-state index in [1.807, 2.05) is 12.1 Å². The second-order valence-electron chi connectivity index (χ2n) is 4.12. The minimum Gasteiger partial charge on any atom is -0.417 e. The summed E-state index contributed by atoms with van der Waals surface area (Å²) in [5.74, 6) is 0. The fourth-order valence-corrected chi connectivity index (χ4v) is 1.78. The summed E-state index contributed by atoms with van der Waals surface area (Å²) in [4.78, 5) is 0. The maximum atomic E-state index is 5.76. The minimum absolute atomic E-state index is 0.847. The van der Waals surface area contributed by atoms with Gasteiger partial charge in [-0.15, -0.1) is 0 Å². The largest absolute Gasteiger partial charge is 0.417 e. The van der Waals surface area contributed by atoms with E-state index in [-0.39, 0.29) is 0 Å². The third-order valence-corrected chi connectivity index (χ3v) is 2.78. The van der Waals surface area contributed by atoms with Crippen molar-refractivity contribution < 1.29 is 4.43 Å². The van der Waals surface area contributed by atoms with Crippen LogP contribution in [0.15, 0.2) is 24.3 Å². The zero-order valence-corrected chi connectivity index (χ0v) is 9.63. The topological polar surface area (TPSA) is 9.23 Å². The van der Waals surface area contributed by atoms with Crippen LogP contribution in [0.3, 0.4) is 0 Å². The van der Waals surface area contributed by atoms with Crippen LogP contribution < -0.4 is 0 Å². The Labute approximate surface area is 81.9 Å². The van der Waals surface area contributed by atoms with Crippen molar-refractivity contribution in [3.05, 3.63) is 35.9 Å². The quantitative estimate of drug-likeness (QED) is 0.668. The summed E-state index contributed by atoms with van der Waals surface area (Å²) in [6.07, 6.45) is 1.01. The van der Waals surface area contributed by atoms with Gasteiger partial charge < -0.3 is 4.43 Å². The molecule has 0 aliphatic rings. The van der Waals surface area contributed by atoms with E-state index >= 15 is 0 Å². The molecular formula is C11H17OSi. The van der Waals surface area contributed by atoms with E-state index in [9.17, 15) is 0 Å².